The molecule has 0 aliphatic heterocycles. The Balaban J connectivity index is 2.86. The highest BCUT2D eigenvalue weighted by atomic mass is 19.3. The van der Waals surface area contributed by atoms with Crippen LogP contribution in [0.3, 0.4) is 0 Å². The zero-order chi connectivity index (χ0) is 15.8. The standard InChI is InChI=1S/C15H23F2NO3/c1-10(2)12(9-19-3)18-8-11-6-5-7-13(20-4)14(11)21-15(16)17/h5-7,10,12,15,18H,8-9H2,1-4H3. The summed E-state index contributed by atoms with van der Waals surface area (Å²) < 4.78 is 39.9. The molecule has 0 fully saturated rings. The SMILES string of the molecule is COCC(NCc1cccc(OC)c1OC(F)F)C(C)C. The van der Waals surface area contributed by atoms with Gasteiger partial charge in [0, 0.05) is 25.3 Å². The van der Waals surface area contributed by atoms with Gasteiger partial charge in [-0.1, -0.05) is 26.0 Å². The van der Waals surface area contributed by atoms with Crippen LogP contribution in [0.5, 0.6) is 11.5 Å². The average molecular weight is 303 g/mol. The fourth-order valence-electron chi connectivity index (χ4n) is 1.99. The summed E-state index contributed by atoms with van der Waals surface area (Å²) in [5.41, 5.74) is 0.622. The first-order valence-electron chi connectivity index (χ1n) is 6.82. The van der Waals surface area contributed by atoms with Crippen molar-refractivity contribution in [2.24, 2.45) is 5.92 Å². The minimum absolute atomic E-state index is 0.0717. The minimum atomic E-state index is -2.89. The molecule has 0 aliphatic carbocycles. The van der Waals surface area contributed by atoms with Crippen molar-refractivity contribution in [3.8, 4) is 11.5 Å². The van der Waals surface area contributed by atoms with Gasteiger partial charge in [0.2, 0.25) is 0 Å². The third-order valence-electron chi connectivity index (χ3n) is 3.19. The van der Waals surface area contributed by atoms with Gasteiger partial charge in [-0.2, -0.15) is 8.78 Å². The van der Waals surface area contributed by atoms with E-state index in [-0.39, 0.29) is 11.8 Å². The summed E-state index contributed by atoms with van der Waals surface area (Å²) in [4.78, 5) is 0. The van der Waals surface area contributed by atoms with Crippen molar-refractivity contribution in [3.05, 3.63) is 23.8 Å². The Morgan fingerprint density at radius 2 is 1.90 bits per heavy atom. The molecule has 0 saturated heterocycles. The Morgan fingerprint density at radius 1 is 1.19 bits per heavy atom. The maximum atomic E-state index is 12.5. The molecule has 0 aromatic heterocycles. The topological polar surface area (TPSA) is 39.7 Å². The highest BCUT2D eigenvalue weighted by molar-refractivity contribution is 5.46. The summed E-state index contributed by atoms with van der Waals surface area (Å²) in [6.45, 7) is 2.19. The van der Waals surface area contributed by atoms with Gasteiger partial charge in [0.05, 0.1) is 13.7 Å². The zero-order valence-corrected chi connectivity index (χ0v) is 12.9. The number of para-hydroxylation sites is 1. The molecule has 1 aromatic rings. The third kappa shape index (κ3) is 5.47. The maximum absolute atomic E-state index is 12.5. The van der Waals surface area contributed by atoms with E-state index in [1.165, 1.54) is 7.11 Å². The largest absolute Gasteiger partial charge is 0.493 e. The van der Waals surface area contributed by atoms with E-state index in [2.05, 4.69) is 23.9 Å². The monoisotopic (exact) mass is 303 g/mol. The summed E-state index contributed by atoms with van der Waals surface area (Å²) in [5.74, 6) is 0.722. The van der Waals surface area contributed by atoms with Gasteiger partial charge in [-0.15, -0.1) is 0 Å². The van der Waals surface area contributed by atoms with Gasteiger partial charge in [-0.3, -0.25) is 0 Å². The third-order valence-corrected chi connectivity index (χ3v) is 3.19. The number of alkyl halides is 2. The van der Waals surface area contributed by atoms with E-state index in [9.17, 15) is 8.78 Å². The van der Waals surface area contributed by atoms with Gasteiger partial charge in [0.1, 0.15) is 0 Å². The van der Waals surface area contributed by atoms with Gasteiger partial charge in [0.25, 0.3) is 0 Å². The lowest BCUT2D eigenvalue weighted by Crippen LogP contribution is -2.37. The van der Waals surface area contributed by atoms with Crippen LogP contribution in [0.2, 0.25) is 0 Å². The second-order valence-electron chi connectivity index (χ2n) is 5.01. The molecule has 21 heavy (non-hydrogen) atoms. The smallest absolute Gasteiger partial charge is 0.387 e. The first-order chi connectivity index (χ1) is 9.99. The maximum Gasteiger partial charge on any atom is 0.387 e. The molecule has 0 heterocycles. The summed E-state index contributed by atoms with van der Waals surface area (Å²) in [6.07, 6.45) is 0. The van der Waals surface area contributed by atoms with Crippen molar-refractivity contribution >= 4 is 0 Å². The predicted octanol–water partition coefficient (Wildman–Crippen LogP) is 3.06. The summed E-state index contributed by atoms with van der Waals surface area (Å²) >= 11 is 0. The molecule has 1 N–H and O–H groups in total. The second kappa shape index (κ2) is 8.79. The molecule has 120 valence electrons. The van der Waals surface area contributed by atoms with Crippen molar-refractivity contribution in [2.75, 3.05) is 20.8 Å². The van der Waals surface area contributed by atoms with Crippen molar-refractivity contribution in [1.29, 1.82) is 0 Å². The van der Waals surface area contributed by atoms with E-state index in [1.54, 1.807) is 25.3 Å². The zero-order valence-electron chi connectivity index (χ0n) is 12.9. The highest BCUT2D eigenvalue weighted by Gasteiger charge is 2.17. The molecule has 1 rings (SSSR count). The second-order valence-corrected chi connectivity index (χ2v) is 5.01. The van der Waals surface area contributed by atoms with Crippen LogP contribution in [0.4, 0.5) is 8.78 Å². The molecule has 1 atom stereocenters. The van der Waals surface area contributed by atoms with Gasteiger partial charge in [-0.05, 0) is 12.0 Å². The van der Waals surface area contributed by atoms with Crippen LogP contribution < -0.4 is 14.8 Å². The molecular formula is C15H23F2NO3. The molecule has 1 unspecified atom stereocenters. The Bertz CT molecular complexity index is 427. The van der Waals surface area contributed by atoms with E-state index >= 15 is 0 Å². The summed E-state index contributed by atoms with van der Waals surface area (Å²) in [7, 11) is 3.06. The fraction of sp³-hybridized carbons (Fsp3) is 0.600. The number of ether oxygens (including phenoxy) is 3. The Hall–Kier alpha value is -1.40. The molecule has 4 nitrogen and oxygen atoms in total. The molecule has 0 aliphatic rings. The van der Waals surface area contributed by atoms with Crippen LogP contribution in [0, 0.1) is 5.92 Å². The first kappa shape index (κ1) is 17.7. The first-order valence-corrected chi connectivity index (χ1v) is 6.82. The van der Waals surface area contributed by atoms with E-state index < -0.39 is 6.61 Å². The van der Waals surface area contributed by atoms with Crippen LogP contribution in [0.25, 0.3) is 0 Å². The average Bonchev–Trinajstić information content (AvgIpc) is 2.43. The quantitative estimate of drug-likeness (QED) is 0.761. The van der Waals surface area contributed by atoms with E-state index in [0.29, 0.717) is 30.4 Å². The van der Waals surface area contributed by atoms with Crippen molar-refractivity contribution in [1.82, 2.24) is 5.32 Å². The van der Waals surface area contributed by atoms with Gasteiger partial charge < -0.3 is 19.5 Å². The lowest BCUT2D eigenvalue weighted by molar-refractivity contribution is -0.0519. The molecular weight excluding hydrogens is 280 g/mol. The molecule has 0 saturated carbocycles. The van der Waals surface area contributed by atoms with Crippen molar-refractivity contribution < 1.29 is 23.0 Å². The molecule has 0 amide bonds. The molecule has 0 radical (unpaired) electrons. The molecule has 1 aromatic carbocycles. The number of benzene rings is 1. The Labute approximate surface area is 124 Å². The predicted molar refractivity (Wildman–Crippen MR) is 77.0 cm³/mol. The van der Waals surface area contributed by atoms with Crippen LogP contribution >= 0.6 is 0 Å². The number of halogens is 2. The van der Waals surface area contributed by atoms with Gasteiger partial charge >= 0.3 is 6.61 Å². The number of methoxy groups -OCH3 is 2. The van der Waals surface area contributed by atoms with Gasteiger partial charge in [-0.25, -0.2) is 0 Å². The number of rotatable bonds is 9. The number of hydrogen-bond donors (Lipinski definition) is 1. The van der Waals surface area contributed by atoms with E-state index in [4.69, 9.17) is 9.47 Å². The lowest BCUT2D eigenvalue weighted by Gasteiger charge is -2.22. The number of hydrogen-bond acceptors (Lipinski definition) is 4. The molecule has 0 spiro atoms. The van der Waals surface area contributed by atoms with Gasteiger partial charge in [0.15, 0.2) is 11.5 Å². The van der Waals surface area contributed by atoms with E-state index in [1.807, 2.05) is 0 Å². The molecule has 6 heteroatoms. The summed E-state index contributed by atoms with van der Waals surface area (Å²) in [6, 6.07) is 5.20. The van der Waals surface area contributed by atoms with E-state index in [0.717, 1.165) is 0 Å². The normalized spacial score (nSPS) is 12.8. The van der Waals surface area contributed by atoms with Crippen LogP contribution in [0.15, 0.2) is 18.2 Å². The minimum Gasteiger partial charge on any atom is -0.493 e. The fourth-order valence-corrected chi connectivity index (χ4v) is 1.99. The lowest BCUT2D eigenvalue weighted by atomic mass is 10.0. The van der Waals surface area contributed by atoms with Crippen LogP contribution in [-0.4, -0.2) is 33.5 Å². The van der Waals surface area contributed by atoms with Crippen LogP contribution in [-0.2, 0) is 11.3 Å². The number of nitrogens with one attached hydrogen (secondary N) is 1. The van der Waals surface area contributed by atoms with Crippen molar-refractivity contribution in [2.45, 2.75) is 33.0 Å². The molecule has 0 bridgehead atoms. The highest BCUT2D eigenvalue weighted by Crippen LogP contribution is 2.32. The van der Waals surface area contributed by atoms with Crippen LogP contribution in [0.1, 0.15) is 19.4 Å². The van der Waals surface area contributed by atoms with Crippen molar-refractivity contribution in [3.63, 3.8) is 0 Å². The Kier molecular flexibility index (Phi) is 7.39. The Morgan fingerprint density at radius 3 is 2.43 bits per heavy atom. The summed E-state index contributed by atoms with van der Waals surface area (Å²) in [5, 5.41) is 3.30.